The molecule has 1 aromatic rings. The smallest absolute Gasteiger partial charge is 0.0302 e. The SMILES string of the molecule is NCC(NCc1cccs1)C1CCCCC1. The summed E-state index contributed by atoms with van der Waals surface area (Å²) >= 11 is 1.82. The Balaban J connectivity index is 1.80. The molecule has 1 aromatic heterocycles. The van der Waals surface area contributed by atoms with Gasteiger partial charge < -0.3 is 11.1 Å². The van der Waals surface area contributed by atoms with Crippen LogP contribution in [0.2, 0.25) is 0 Å². The molecule has 90 valence electrons. The molecule has 0 amide bonds. The van der Waals surface area contributed by atoms with Crippen molar-refractivity contribution in [3.05, 3.63) is 22.4 Å². The second-order valence-corrected chi connectivity index (χ2v) is 5.73. The summed E-state index contributed by atoms with van der Waals surface area (Å²) in [6, 6.07) is 4.81. The second-order valence-electron chi connectivity index (χ2n) is 4.70. The minimum atomic E-state index is 0.516. The minimum Gasteiger partial charge on any atom is -0.329 e. The van der Waals surface area contributed by atoms with Crippen LogP contribution in [0, 0.1) is 5.92 Å². The molecule has 2 nitrogen and oxygen atoms in total. The van der Waals surface area contributed by atoms with E-state index in [1.165, 1.54) is 37.0 Å². The second kappa shape index (κ2) is 6.38. The van der Waals surface area contributed by atoms with Gasteiger partial charge in [0.25, 0.3) is 0 Å². The first-order valence-electron chi connectivity index (χ1n) is 6.36. The highest BCUT2D eigenvalue weighted by molar-refractivity contribution is 7.09. The first-order valence-corrected chi connectivity index (χ1v) is 7.24. The van der Waals surface area contributed by atoms with Crippen molar-refractivity contribution in [3.8, 4) is 0 Å². The highest BCUT2D eigenvalue weighted by Gasteiger charge is 2.21. The van der Waals surface area contributed by atoms with E-state index in [0.717, 1.165) is 19.0 Å². The van der Waals surface area contributed by atoms with Gasteiger partial charge in [-0.05, 0) is 30.2 Å². The minimum absolute atomic E-state index is 0.516. The Bertz CT molecular complexity index is 278. The largest absolute Gasteiger partial charge is 0.329 e. The number of hydrogen-bond donors (Lipinski definition) is 2. The van der Waals surface area contributed by atoms with Crippen LogP contribution in [0.1, 0.15) is 37.0 Å². The molecule has 16 heavy (non-hydrogen) atoms. The number of nitrogens with two attached hydrogens (primary N) is 1. The van der Waals surface area contributed by atoms with Crippen molar-refractivity contribution in [1.82, 2.24) is 5.32 Å². The standard InChI is InChI=1S/C13H22N2S/c14-9-13(11-5-2-1-3-6-11)15-10-12-7-4-8-16-12/h4,7-8,11,13,15H,1-3,5-6,9-10,14H2. The van der Waals surface area contributed by atoms with E-state index in [9.17, 15) is 0 Å². The molecule has 0 spiro atoms. The molecular formula is C13H22N2S. The fourth-order valence-corrected chi connectivity index (χ4v) is 3.28. The molecule has 1 unspecified atom stereocenters. The zero-order valence-electron chi connectivity index (χ0n) is 9.82. The predicted molar refractivity (Wildman–Crippen MR) is 70.6 cm³/mol. The summed E-state index contributed by atoms with van der Waals surface area (Å²) in [7, 11) is 0. The summed E-state index contributed by atoms with van der Waals surface area (Å²) in [5.41, 5.74) is 5.88. The Morgan fingerprint density at radius 2 is 2.19 bits per heavy atom. The van der Waals surface area contributed by atoms with Crippen molar-refractivity contribution in [1.29, 1.82) is 0 Å². The van der Waals surface area contributed by atoms with E-state index in [1.54, 1.807) is 0 Å². The molecule has 1 aliphatic rings. The summed E-state index contributed by atoms with van der Waals surface area (Å²) in [4.78, 5) is 1.41. The van der Waals surface area contributed by atoms with Gasteiger partial charge >= 0.3 is 0 Å². The maximum atomic E-state index is 5.88. The third-order valence-corrected chi connectivity index (χ3v) is 4.47. The van der Waals surface area contributed by atoms with Crippen molar-refractivity contribution in [2.75, 3.05) is 6.54 Å². The van der Waals surface area contributed by atoms with Crippen LogP contribution in [0.4, 0.5) is 0 Å². The Kier molecular flexibility index (Phi) is 4.82. The molecule has 0 saturated heterocycles. The molecule has 1 atom stereocenters. The zero-order chi connectivity index (χ0) is 11.2. The molecule has 0 radical (unpaired) electrons. The molecule has 3 N–H and O–H groups in total. The third kappa shape index (κ3) is 3.30. The van der Waals surface area contributed by atoms with E-state index in [2.05, 4.69) is 22.8 Å². The van der Waals surface area contributed by atoms with E-state index in [4.69, 9.17) is 5.73 Å². The number of thiophene rings is 1. The summed E-state index contributed by atoms with van der Waals surface area (Å²) in [5.74, 6) is 0.804. The average molecular weight is 238 g/mol. The van der Waals surface area contributed by atoms with Gasteiger partial charge in [0.1, 0.15) is 0 Å². The normalized spacial score (nSPS) is 19.8. The highest BCUT2D eigenvalue weighted by atomic mass is 32.1. The average Bonchev–Trinajstić information content (AvgIpc) is 2.84. The van der Waals surface area contributed by atoms with Gasteiger partial charge in [-0.25, -0.2) is 0 Å². The van der Waals surface area contributed by atoms with Crippen molar-refractivity contribution < 1.29 is 0 Å². The van der Waals surface area contributed by atoms with Crippen LogP contribution >= 0.6 is 11.3 Å². The lowest BCUT2D eigenvalue weighted by Crippen LogP contribution is -2.42. The lowest BCUT2D eigenvalue weighted by Gasteiger charge is -2.30. The number of hydrogen-bond acceptors (Lipinski definition) is 3. The quantitative estimate of drug-likeness (QED) is 0.828. The van der Waals surface area contributed by atoms with Crippen LogP contribution < -0.4 is 11.1 Å². The van der Waals surface area contributed by atoms with Crippen molar-refractivity contribution in [3.63, 3.8) is 0 Å². The summed E-state index contributed by atoms with van der Waals surface area (Å²) in [6.45, 7) is 1.76. The van der Waals surface area contributed by atoms with Crippen molar-refractivity contribution >= 4 is 11.3 Å². The summed E-state index contributed by atoms with van der Waals surface area (Å²) in [6.07, 6.45) is 6.92. The van der Waals surface area contributed by atoms with Gasteiger partial charge in [0, 0.05) is 24.0 Å². The molecule has 0 bridgehead atoms. The van der Waals surface area contributed by atoms with Gasteiger partial charge in [-0.2, -0.15) is 0 Å². The summed E-state index contributed by atoms with van der Waals surface area (Å²) in [5, 5.41) is 5.76. The van der Waals surface area contributed by atoms with Gasteiger partial charge in [0.15, 0.2) is 0 Å². The topological polar surface area (TPSA) is 38.0 Å². The van der Waals surface area contributed by atoms with E-state index in [-0.39, 0.29) is 0 Å². The maximum Gasteiger partial charge on any atom is 0.0302 e. The maximum absolute atomic E-state index is 5.88. The molecule has 3 heteroatoms. The van der Waals surface area contributed by atoms with Crippen LogP contribution in [0.25, 0.3) is 0 Å². The van der Waals surface area contributed by atoms with Gasteiger partial charge in [0.2, 0.25) is 0 Å². The Morgan fingerprint density at radius 3 is 2.81 bits per heavy atom. The fourth-order valence-electron chi connectivity index (χ4n) is 2.62. The van der Waals surface area contributed by atoms with Crippen LogP contribution in [0.5, 0.6) is 0 Å². The molecule has 1 fully saturated rings. The molecule has 0 aliphatic heterocycles. The third-order valence-electron chi connectivity index (χ3n) is 3.59. The Labute approximate surface area is 102 Å². The molecular weight excluding hydrogens is 216 g/mol. The van der Waals surface area contributed by atoms with Crippen molar-refractivity contribution in [2.24, 2.45) is 11.7 Å². The predicted octanol–water partition coefficient (Wildman–Crippen LogP) is 2.75. The molecule has 1 aliphatic carbocycles. The molecule has 0 aromatic carbocycles. The van der Waals surface area contributed by atoms with E-state index in [0.29, 0.717) is 6.04 Å². The lowest BCUT2D eigenvalue weighted by atomic mass is 9.84. The lowest BCUT2D eigenvalue weighted by molar-refractivity contribution is 0.271. The van der Waals surface area contributed by atoms with Gasteiger partial charge in [0.05, 0.1) is 0 Å². The summed E-state index contributed by atoms with van der Waals surface area (Å²) < 4.78 is 0. The van der Waals surface area contributed by atoms with Crippen LogP contribution in [0.3, 0.4) is 0 Å². The van der Waals surface area contributed by atoms with Gasteiger partial charge in [-0.1, -0.05) is 25.3 Å². The van der Waals surface area contributed by atoms with E-state index < -0.39 is 0 Å². The van der Waals surface area contributed by atoms with Crippen LogP contribution in [-0.4, -0.2) is 12.6 Å². The molecule has 2 rings (SSSR count). The molecule has 1 heterocycles. The van der Waals surface area contributed by atoms with E-state index >= 15 is 0 Å². The monoisotopic (exact) mass is 238 g/mol. The van der Waals surface area contributed by atoms with Crippen LogP contribution in [0.15, 0.2) is 17.5 Å². The molecule has 1 saturated carbocycles. The number of rotatable bonds is 5. The Hall–Kier alpha value is -0.380. The Morgan fingerprint density at radius 1 is 1.38 bits per heavy atom. The van der Waals surface area contributed by atoms with Gasteiger partial charge in [-0.3, -0.25) is 0 Å². The number of nitrogens with one attached hydrogen (secondary N) is 1. The van der Waals surface area contributed by atoms with Crippen LogP contribution in [-0.2, 0) is 6.54 Å². The van der Waals surface area contributed by atoms with E-state index in [1.807, 2.05) is 11.3 Å². The fraction of sp³-hybridized carbons (Fsp3) is 0.692. The van der Waals surface area contributed by atoms with Gasteiger partial charge in [-0.15, -0.1) is 11.3 Å². The highest BCUT2D eigenvalue weighted by Crippen LogP contribution is 2.26. The first kappa shape index (κ1) is 12.1. The zero-order valence-corrected chi connectivity index (χ0v) is 10.6. The first-order chi connectivity index (χ1) is 7.90. The van der Waals surface area contributed by atoms with Crippen molar-refractivity contribution in [2.45, 2.75) is 44.7 Å².